The van der Waals surface area contributed by atoms with Gasteiger partial charge >= 0.3 is 0 Å². The Hall–Kier alpha value is -1.36. The van der Waals surface area contributed by atoms with Crippen molar-refractivity contribution in [1.29, 1.82) is 0 Å². The van der Waals surface area contributed by atoms with Crippen molar-refractivity contribution in [2.45, 2.75) is 19.5 Å². The number of likely N-dealkylation sites (N-methyl/N-ethyl adjacent to an activating group) is 1. The summed E-state index contributed by atoms with van der Waals surface area (Å²) in [4.78, 5) is 6.76. The van der Waals surface area contributed by atoms with E-state index in [-0.39, 0.29) is 0 Å². The van der Waals surface area contributed by atoms with E-state index in [0.29, 0.717) is 11.1 Å². The molecule has 106 valence electrons. The van der Waals surface area contributed by atoms with E-state index in [1.165, 1.54) is 0 Å². The average Bonchev–Trinajstić information content (AvgIpc) is 2.84. The SMILES string of the molecule is CCN(Cc1ncc(-c2cccc(Cl)c2)o1)C1CNC1. The van der Waals surface area contributed by atoms with Crippen LogP contribution in [-0.4, -0.2) is 35.6 Å². The summed E-state index contributed by atoms with van der Waals surface area (Å²) < 4.78 is 5.84. The Kier molecular flexibility index (Phi) is 4.05. The van der Waals surface area contributed by atoms with Gasteiger partial charge in [0.1, 0.15) is 0 Å². The first kappa shape index (κ1) is 13.6. The first-order valence-electron chi connectivity index (χ1n) is 6.91. The van der Waals surface area contributed by atoms with Crippen molar-refractivity contribution < 1.29 is 4.42 Å². The first-order valence-corrected chi connectivity index (χ1v) is 7.29. The van der Waals surface area contributed by atoms with Crippen LogP contribution in [0.1, 0.15) is 12.8 Å². The van der Waals surface area contributed by atoms with Crippen molar-refractivity contribution >= 4 is 11.6 Å². The lowest BCUT2D eigenvalue weighted by atomic mass is 10.1. The summed E-state index contributed by atoms with van der Waals surface area (Å²) in [6.07, 6.45) is 1.77. The molecule has 0 saturated carbocycles. The Morgan fingerprint density at radius 2 is 2.30 bits per heavy atom. The van der Waals surface area contributed by atoms with Crippen LogP contribution in [-0.2, 0) is 6.54 Å². The molecule has 1 N–H and O–H groups in total. The highest BCUT2D eigenvalue weighted by molar-refractivity contribution is 6.30. The minimum atomic E-state index is 0.599. The van der Waals surface area contributed by atoms with Gasteiger partial charge in [0.15, 0.2) is 5.76 Å². The lowest BCUT2D eigenvalue weighted by Gasteiger charge is -2.36. The predicted molar refractivity (Wildman–Crippen MR) is 79.7 cm³/mol. The maximum atomic E-state index is 6.00. The molecule has 0 aliphatic carbocycles. The number of nitrogens with one attached hydrogen (secondary N) is 1. The van der Waals surface area contributed by atoms with Crippen LogP contribution in [0.5, 0.6) is 0 Å². The zero-order valence-electron chi connectivity index (χ0n) is 11.5. The summed E-state index contributed by atoms with van der Waals surface area (Å²) in [5.74, 6) is 1.53. The molecular formula is C15H18ClN3O. The van der Waals surface area contributed by atoms with Crippen LogP contribution in [0.4, 0.5) is 0 Å². The van der Waals surface area contributed by atoms with E-state index in [9.17, 15) is 0 Å². The highest BCUT2D eigenvalue weighted by Gasteiger charge is 2.24. The molecule has 0 atom stereocenters. The maximum absolute atomic E-state index is 6.00. The van der Waals surface area contributed by atoms with Crippen molar-refractivity contribution in [1.82, 2.24) is 15.2 Å². The van der Waals surface area contributed by atoms with Crippen LogP contribution in [0.25, 0.3) is 11.3 Å². The van der Waals surface area contributed by atoms with Gasteiger partial charge in [-0.3, -0.25) is 4.90 Å². The molecular weight excluding hydrogens is 274 g/mol. The molecule has 1 saturated heterocycles. The van der Waals surface area contributed by atoms with E-state index in [2.05, 4.69) is 22.1 Å². The quantitative estimate of drug-likeness (QED) is 0.920. The van der Waals surface area contributed by atoms with Crippen molar-refractivity contribution in [3.63, 3.8) is 0 Å². The van der Waals surface area contributed by atoms with E-state index >= 15 is 0 Å². The van der Waals surface area contributed by atoms with E-state index < -0.39 is 0 Å². The number of hydrogen-bond donors (Lipinski definition) is 1. The lowest BCUT2D eigenvalue weighted by Crippen LogP contribution is -2.56. The Balaban J connectivity index is 1.73. The summed E-state index contributed by atoms with van der Waals surface area (Å²) >= 11 is 6.00. The van der Waals surface area contributed by atoms with E-state index in [1.54, 1.807) is 6.20 Å². The van der Waals surface area contributed by atoms with Crippen LogP contribution in [0.3, 0.4) is 0 Å². The van der Waals surface area contributed by atoms with E-state index in [4.69, 9.17) is 16.0 Å². The van der Waals surface area contributed by atoms with Crippen molar-refractivity contribution in [3.8, 4) is 11.3 Å². The number of rotatable bonds is 5. The molecule has 4 nitrogen and oxygen atoms in total. The van der Waals surface area contributed by atoms with Gasteiger partial charge in [0.2, 0.25) is 5.89 Å². The lowest BCUT2D eigenvalue weighted by molar-refractivity contribution is 0.133. The molecule has 3 rings (SSSR count). The van der Waals surface area contributed by atoms with Gasteiger partial charge in [-0.15, -0.1) is 0 Å². The van der Waals surface area contributed by atoms with Crippen LogP contribution in [0.15, 0.2) is 34.9 Å². The van der Waals surface area contributed by atoms with Gasteiger partial charge in [0.25, 0.3) is 0 Å². The average molecular weight is 292 g/mol. The van der Waals surface area contributed by atoms with E-state index in [0.717, 1.165) is 43.4 Å². The van der Waals surface area contributed by atoms with Crippen molar-refractivity contribution in [2.24, 2.45) is 0 Å². The molecule has 20 heavy (non-hydrogen) atoms. The van der Waals surface area contributed by atoms with Gasteiger partial charge in [-0.25, -0.2) is 4.98 Å². The Labute approximate surface area is 123 Å². The smallest absolute Gasteiger partial charge is 0.209 e. The molecule has 1 aliphatic rings. The van der Waals surface area contributed by atoms with Crippen LogP contribution >= 0.6 is 11.6 Å². The van der Waals surface area contributed by atoms with Crippen LogP contribution < -0.4 is 5.32 Å². The minimum absolute atomic E-state index is 0.599. The molecule has 0 amide bonds. The summed E-state index contributed by atoms with van der Waals surface area (Å²) in [6, 6.07) is 8.23. The molecule has 1 aromatic carbocycles. The standard InChI is InChI=1S/C15H18ClN3O/c1-2-19(13-7-17-8-13)10-15-18-9-14(20-15)11-4-3-5-12(16)6-11/h3-6,9,13,17H,2,7-8,10H2,1H3. The molecule has 0 spiro atoms. The second-order valence-electron chi connectivity index (χ2n) is 5.00. The zero-order chi connectivity index (χ0) is 13.9. The highest BCUT2D eigenvalue weighted by Crippen LogP contribution is 2.24. The largest absolute Gasteiger partial charge is 0.439 e. The molecule has 1 fully saturated rings. The third kappa shape index (κ3) is 2.87. The van der Waals surface area contributed by atoms with Gasteiger partial charge in [-0.05, 0) is 18.7 Å². The number of oxazole rings is 1. The highest BCUT2D eigenvalue weighted by atomic mass is 35.5. The third-order valence-electron chi connectivity index (χ3n) is 3.68. The molecule has 2 aromatic rings. The van der Waals surface area contributed by atoms with Crippen molar-refractivity contribution in [2.75, 3.05) is 19.6 Å². The number of halogens is 1. The molecule has 0 unspecified atom stereocenters. The Morgan fingerprint density at radius 1 is 1.45 bits per heavy atom. The van der Waals surface area contributed by atoms with Gasteiger partial charge in [0.05, 0.1) is 12.7 Å². The Morgan fingerprint density at radius 3 is 2.95 bits per heavy atom. The summed E-state index contributed by atoms with van der Waals surface area (Å²) in [6.45, 7) is 6.02. The number of hydrogen-bond acceptors (Lipinski definition) is 4. The third-order valence-corrected chi connectivity index (χ3v) is 3.92. The van der Waals surface area contributed by atoms with Gasteiger partial charge in [0, 0.05) is 29.7 Å². The Bertz CT molecular complexity index is 580. The zero-order valence-corrected chi connectivity index (χ0v) is 12.2. The monoisotopic (exact) mass is 291 g/mol. The normalized spacial score (nSPS) is 15.6. The maximum Gasteiger partial charge on any atom is 0.209 e. The van der Waals surface area contributed by atoms with Gasteiger partial charge in [-0.1, -0.05) is 30.7 Å². The molecule has 1 aromatic heterocycles. The first-order chi connectivity index (χ1) is 9.76. The number of aromatic nitrogens is 1. The number of benzene rings is 1. The van der Waals surface area contributed by atoms with Crippen molar-refractivity contribution in [3.05, 3.63) is 41.4 Å². The minimum Gasteiger partial charge on any atom is -0.439 e. The summed E-state index contributed by atoms with van der Waals surface area (Å²) in [7, 11) is 0. The second kappa shape index (κ2) is 5.95. The number of nitrogens with zero attached hydrogens (tertiary/aromatic N) is 2. The van der Waals surface area contributed by atoms with Gasteiger partial charge in [-0.2, -0.15) is 0 Å². The molecule has 0 bridgehead atoms. The summed E-state index contributed by atoms with van der Waals surface area (Å²) in [5, 5.41) is 4.00. The predicted octanol–water partition coefficient (Wildman–Crippen LogP) is 2.79. The topological polar surface area (TPSA) is 41.3 Å². The fraction of sp³-hybridized carbons (Fsp3) is 0.400. The van der Waals surface area contributed by atoms with Gasteiger partial charge < -0.3 is 9.73 Å². The van der Waals surface area contributed by atoms with E-state index in [1.807, 2.05) is 24.3 Å². The second-order valence-corrected chi connectivity index (χ2v) is 5.44. The molecule has 0 radical (unpaired) electrons. The fourth-order valence-corrected chi connectivity index (χ4v) is 2.55. The van der Waals surface area contributed by atoms with Crippen LogP contribution in [0.2, 0.25) is 5.02 Å². The van der Waals surface area contributed by atoms with Crippen LogP contribution in [0, 0.1) is 0 Å². The fourth-order valence-electron chi connectivity index (χ4n) is 2.36. The molecule has 5 heteroatoms. The molecule has 2 heterocycles. The molecule has 1 aliphatic heterocycles. The summed E-state index contributed by atoms with van der Waals surface area (Å²) in [5.41, 5.74) is 0.963.